The fourth-order valence-electron chi connectivity index (χ4n) is 3.51. The monoisotopic (exact) mass is 285 g/mol. The highest BCUT2D eigenvalue weighted by Crippen LogP contribution is 2.28. The summed E-state index contributed by atoms with van der Waals surface area (Å²) in [6.07, 6.45) is 2.08. The van der Waals surface area contributed by atoms with Gasteiger partial charge in [0.25, 0.3) is 0 Å². The summed E-state index contributed by atoms with van der Waals surface area (Å²) in [4.78, 5) is 4.77. The standard InChI is InChI=1S/C17H23N3O/c18-14-17(20-9-11-21-12-10-20)7-4-8-19(15-17)13-16-5-2-1-3-6-16/h1-3,5-6H,4,7-13,15H2. The number of likely N-dealkylation sites (tertiary alicyclic amines) is 1. The summed E-state index contributed by atoms with van der Waals surface area (Å²) in [7, 11) is 0. The van der Waals surface area contributed by atoms with Gasteiger partial charge in [0.15, 0.2) is 0 Å². The van der Waals surface area contributed by atoms with Crippen LogP contribution in [0, 0.1) is 11.3 Å². The molecule has 2 heterocycles. The average molecular weight is 285 g/mol. The Morgan fingerprint density at radius 2 is 1.90 bits per heavy atom. The Kier molecular flexibility index (Phi) is 4.54. The molecule has 1 aromatic carbocycles. The number of hydrogen-bond acceptors (Lipinski definition) is 4. The van der Waals surface area contributed by atoms with Gasteiger partial charge in [-0.1, -0.05) is 30.3 Å². The van der Waals surface area contributed by atoms with Crippen LogP contribution in [0.3, 0.4) is 0 Å². The fourth-order valence-corrected chi connectivity index (χ4v) is 3.51. The van der Waals surface area contributed by atoms with Crippen molar-refractivity contribution in [2.24, 2.45) is 0 Å². The van der Waals surface area contributed by atoms with Crippen LogP contribution >= 0.6 is 0 Å². The van der Waals surface area contributed by atoms with E-state index in [1.807, 2.05) is 6.07 Å². The van der Waals surface area contributed by atoms with Crippen LogP contribution in [0.25, 0.3) is 0 Å². The zero-order chi connectivity index (χ0) is 14.5. The van der Waals surface area contributed by atoms with Gasteiger partial charge in [0.1, 0.15) is 5.54 Å². The third-order valence-electron chi connectivity index (χ3n) is 4.62. The predicted molar refractivity (Wildman–Crippen MR) is 81.7 cm³/mol. The minimum Gasteiger partial charge on any atom is -0.379 e. The normalized spacial score (nSPS) is 28.1. The van der Waals surface area contributed by atoms with Gasteiger partial charge in [0.05, 0.1) is 19.3 Å². The lowest BCUT2D eigenvalue weighted by molar-refractivity contribution is -0.0299. The summed E-state index contributed by atoms with van der Waals surface area (Å²) in [5.41, 5.74) is 1.00. The number of hydrogen-bond donors (Lipinski definition) is 0. The summed E-state index contributed by atoms with van der Waals surface area (Å²) >= 11 is 0. The molecule has 0 amide bonds. The lowest BCUT2D eigenvalue weighted by Gasteiger charge is -2.46. The molecule has 4 nitrogen and oxygen atoms in total. The van der Waals surface area contributed by atoms with E-state index in [9.17, 15) is 5.26 Å². The van der Waals surface area contributed by atoms with Crippen molar-refractivity contribution in [1.82, 2.24) is 9.80 Å². The maximum atomic E-state index is 9.82. The zero-order valence-electron chi connectivity index (χ0n) is 12.5. The van der Waals surface area contributed by atoms with Gasteiger partial charge in [-0.2, -0.15) is 5.26 Å². The Labute approximate surface area is 126 Å². The molecule has 0 bridgehead atoms. The first-order valence-electron chi connectivity index (χ1n) is 7.83. The highest BCUT2D eigenvalue weighted by Gasteiger charge is 2.41. The van der Waals surface area contributed by atoms with E-state index in [1.165, 1.54) is 5.56 Å². The highest BCUT2D eigenvalue weighted by atomic mass is 16.5. The first kappa shape index (κ1) is 14.5. The largest absolute Gasteiger partial charge is 0.379 e. The molecule has 112 valence electrons. The van der Waals surface area contributed by atoms with E-state index in [1.54, 1.807) is 0 Å². The van der Waals surface area contributed by atoms with Gasteiger partial charge < -0.3 is 4.74 Å². The topological polar surface area (TPSA) is 39.5 Å². The molecule has 2 saturated heterocycles. The SMILES string of the molecule is N#CC1(N2CCOCC2)CCCN(Cc2ccccc2)C1. The predicted octanol–water partition coefficient (Wildman–Crippen LogP) is 1.88. The molecule has 3 rings (SSSR count). The molecule has 1 atom stereocenters. The molecule has 0 N–H and O–H groups in total. The number of nitrogens with zero attached hydrogens (tertiary/aromatic N) is 3. The summed E-state index contributed by atoms with van der Waals surface area (Å²) in [6, 6.07) is 13.2. The first-order chi connectivity index (χ1) is 10.3. The number of benzene rings is 1. The molecule has 0 saturated carbocycles. The Bertz CT molecular complexity index is 493. The van der Waals surface area contributed by atoms with Crippen molar-refractivity contribution in [3.8, 4) is 6.07 Å². The van der Waals surface area contributed by atoms with Gasteiger partial charge in [-0.05, 0) is 24.9 Å². The van der Waals surface area contributed by atoms with Crippen LogP contribution < -0.4 is 0 Å². The van der Waals surface area contributed by atoms with E-state index in [0.717, 1.165) is 58.8 Å². The minimum atomic E-state index is -0.323. The molecule has 2 aliphatic heterocycles. The molecular formula is C17H23N3O. The van der Waals surface area contributed by atoms with Gasteiger partial charge in [0.2, 0.25) is 0 Å². The molecule has 0 aromatic heterocycles. The summed E-state index contributed by atoms with van der Waals surface area (Å²) < 4.78 is 5.44. The molecule has 2 fully saturated rings. The van der Waals surface area contributed by atoms with E-state index in [0.29, 0.717) is 0 Å². The molecule has 21 heavy (non-hydrogen) atoms. The third kappa shape index (κ3) is 3.26. The lowest BCUT2D eigenvalue weighted by atomic mass is 9.88. The summed E-state index contributed by atoms with van der Waals surface area (Å²) in [6.45, 7) is 6.14. The van der Waals surface area contributed by atoms with Crippen LogP contribution in [0.5, 0.6) is 0 Å². The van der Waals surface area contributed by atoms with Gasteiger partial charge in [-0.15, -0.1) is 0 Å². The lowest BCUT2D eigenvalue weighted by Crippen LogP contribution is -2.60. The number of rotatable bonds is 3. The van der Waals surface area contributed by atoms with Crippen molar-refractivity contribution < 1.29 is 4.74 Å². The smallest absolute Gasteiger partial charge is 0.122 e. The van der Waals surface area contributed by atoms with Crippen molar-refractivity contribution in [2.75, 3.05) is 39.4 Å². The highest BCUT2D eigenvalue weighted by molar-refractivity contribution is 5.17. The van der Waals surface area contributed by atoms with Crippen LogP contribution in [-0.4, -0.2) is 54.7 Å². The van der Waals surface area contributed by atoms with Crippen LogP contribution in [0.2, 0.25) is 0 Å². The van der Waals surface area contributed by atoms with E-state index >= 15 is 0 Å². The minimum absolute atomic E-state index is 0.323. The zero-order valence-corrected chi connectivity index (χ0v) is 12.5. The molecule has 4 heteroatoms. The second-order valence-electron chi connectivity index (χ2n) is 6.04. The van der Waals surface area contributed by atoms with Gasteiger partial charge >= 0.3 is 0 Å². The quantitative estimate of drug-likeness (QED) is 0.850. The number of nitriles is 1. The van der Waals surface area contributed by atoms with E-state index in [4.69, 9.17) is 4.74 Å². The first-order valence-corrected chi connectivity index (χ1v) is 7.83. The molecule has 1 unspecified atom stereocenters. The van der Waals surface area contributed by atoms with Gasteiger partial charge in [-0.3, -0.25) is 9.80 Å². The van der Waals surface area contributed by atoms with E-state index < -0.39 is 0 Å². The second kappa shape index (κ2) is 6.57. The maximum Gasteiger partial charge on any atom is 0.122 e. The molecule has 0 aliphatic carbocycles. The molecule has 0 radical (unpaired) electrons. The molecule has 2 aliphatic rings. The Morgan fingerprint density at radius 3 is 2.62 bits per heavy atom. The molecule has 1 aromatic rings. The van der Waals surface area contributed by atoms with Crippen molar-refractivity contribution in [3.05, 3.63) is 35.9 Å². The van der Waals surface area contributed by atoms with Crippen LogP contribution in [0.4, 0.5) is 0 Å². The molecular weight excluding hydrogens is 262 g/mol. The van der Waals surface area contributed by atoms with Crippen molar-refractivity contribution >= 4 is 0 Å². The Balaban J connectivity index is 1.70. The maximum absolute atomic E-state index is 9.82. The van der Waals surface area contributed by atoms with Crippen molar-refractivity contribution in [1.29, 1.82) is 5.26 Å². The fraction of sp³-hybridized carbons (Fsp3) is 0.588. The summed E-state index contributed by atoms with van der Waals surface area (Å²) in [5.74, 6) is 0. The van der Waals surface area contributed by atoms with Crippen molar-refractivity contribution in [2.45, 2.75) is 24.9 Å². The van der Waals surface area contributed by atoms with Gasteiger partial charge in [0, 0.05) is 26.2 Å². The number of ether oxygens (including phenoxy) is 1. The average Bonchev–Trinajstić information content (AvgIpc) is 2.57. The number of morpholine rings is 1. The van der Waals surface area contributed by atoms with E-state index in [2.05, 4.69) is 40.1 Å². The third-order valence-corrected chi connectivity index (χ3v) is 4.62. The Morgan fingerprint density at radius 1 is 1.14 bits per heavy atom. The van der Waals surface area contributed by atoms with Crippen LogP contribution in [0.15, 0.2) is 30.3 Å². The second-order valence-corrected chi connectivity index (χ2v) is 6.04. The number of piperidine rings is 1. The van der Waals surface area contributed by atoms with Crippen molar-refractivity contribution in [3.63, 3.8) is 0 Å². The molecule has 0 spiro atoms. The van der Waals surface area contributed by atoms with E-state index in [-0.39, 0.29) is 5.54 Å². The van der Waals surface area contributed by atoms with Crippen LogP contribution in [0.1, 0.15) is 18.4 Å². The van der Waals surface area contributed by atoms with Crippen LogP contribution in [-0.2, 0) is 11.3 Å². The Hall–Kier alpha value is -1.41. The summed E-state index contributed by atoms with van der Waals surface area (Å²) in [5, 5.41) is 9.82. The van der Waals surface area contributed by atoms with Gasteiger partial charge in [-0.25, -0.2) is 0 Å².